The van der Waals surface area contributed by atoms with Crippen molar-refractivity contribution in [1.82, 2.24) is 0 Å². The van der Waals surface area contributed by atoms with E-state index in [4.69, 9.17) is 0 Å². The lowest BCUT2D eigenvalue weighted by atomic mass is 10.3. The first-order chi connectivity index (χ1) is 8.58. The smallest absolute Gasteiger partial charge is 0.185 e. The summed E-state index contributed by atoms with van der Waals surface area (Å²) in [6.07, 6.45) is 0. The van der Waals surface area contributed by atoms with E-state index in [1.54, 1.807) is 17.5 Å². The monoisotopic (exact) mass is 286 g/mol. The van der Waals surface area contributed by atoms with Crippen molar-refractivity contribution in [3.8, 4) is 0 Å². The normalized spacial score (nSPS) is 12.3. The summed E-state index contributed by atoms with van der Waals surface area (Å²) >= 11 is 1.22. The first-order valence-electron chi connectivity index (χ1n) is 4.98. The second kappa shape index (κ2) is 5.49. The molecular formula is C12H8F2O2S2. The zero-order chi connectivity index (χ0) is 13.1. The predicted molar refractivity (Wildman–Crippen MR) is 66.3 cm³/mol. The third-order valence-electron chi connectivity index (χ3n) is 2.20. The van der Waals surface area contributed by atoms with E-state index >= 15 is 0 Å². The molecule has 0 amide bonds. The van der Waals surface area contributed by atoms with Crippen molar-refractivity contribution < 1.29 is 17.8 Å². The van der Waals surface area contributed by atoms with Crippen LogP contribution in [0.25, 0.3) is 0 Å². The second-order valence-electron chi connectivity index (χ2n) is 3.47. The molecule has 0 radical (unpaired) electrons. The zero-order valence-corrected chi connectivity index (χ0v) is 10.7. The molecule has 0 fully saturated rings. The molecule has 0 saturated carbocycles. The first kappa shape index (κ1) is 13.0. The number of rotatable bonds is 4. The number of ketones is 1. The van der Waals surface area contributed by atoms with Crippen LogP contribution in [0.5, 0.6) is 0 Å². The number of carbonyl (C=O) groups excluding carboxylic acids is 1. The van der Waals surface area contributed by atoms with Gasteiger partial charge in [0.2, 0.25) is 0 Å². The van der Waals surface area contributed by atoms with Gasteiger partial charge in [-0.2, -0.15) is 0 Å². The molecule has 1 aromatic heterocycles. The summed E-state index contributed by atoms with van der Waals surface area (Å²) in [7, 11) is -1.88. The molecule has 2 nitrogen and oxygen atoms in total. The maximum atomic E-state index is 13.3. The Bertz CT molecular complexity index is 594. The van der Waals surface area contributed by atoms with Gasteiger partial charge in [-0.3, -0.25) is 9.00 Å². The molecule has 0 aliphatic heterocycles. The quantitative estimate of drug-likeness (QED) is 0.810. The molecule has 2 aromatic rings. The molecule has 2 rings (SSSR count). The lowest BCUT2D eigenvalue weighted by molar-refractivity contribution is 0.102. The highest BCUT2D eigenvalue weighted by atomic mass is 32.2. The number of hydrogen-bond acceptors (Lipinski definition) is 3. The standard InChI is InChI=1S/C12H8F2O2S2/c13-8-3-4-9(14)12(6-8)18(16)7-10(15)11-2-1-5-17-11/h1-6H,7H2. The SMILES string of the molecule is O=C(CS(=O)c1cc(F)ccc1F)c1cccs1. The molecule has 94 valence electrons. The van der Waals surface area contributed by atoms with Gasteiger partial charge in [0.1, 0.15) is 11.6 Å². The number of hydrogen-bond donors (Lipinski definition) is 0. The molecule has 0 spiro atoms. The minimum atomic E-state index is -1.88. The Kier molecular flexibility index (Phi) is 3.98. The van der Waals surface area contributed by atoms with Gasteiger partial charge >= 0.3 is 0 Å². The predicted octanol–water partition coefficient (Wildman–Crippen LogP) is 3.02. The van der Waals surface area contributed by atoms with Crippen LogP contribution in [0.4, 0.5) is 8.78 Å². The van der Waals surface area contributed by atoms with Crippen LogP contribution >= 0.6 is 11.3 Å². The Morgan fingerprint density at radius 2 is 2.06 bits per heavy atom. The summed E-state index contributed by atoms with van der Waals surface area (Å²) in [4.78, 5) is 11.9. The second-order valence-corrected chi connectivity index (χ2v) is 5.83. The molecule has 1 unspecified atom stereocenters. The topological polar surface area (TPSA) is 34.1 Å². The van der Waals surface area contributed by atoms with E-state index in [0.717, 1.165) is 18.2 Å². The Hall–Kier alpha value is -1.40. The van der Waals surface area contributed by atoms with Gasteiger partial charge in [-0.25, -0.2) is 8.78 Å². The minimum Gasteiger partial charge on any atom is -0.292 e. The fourth-order valence-corrected chi connectivity index (χ4v) is 3.19. The van der Waals surface area contributed by atoms with Gasteiger partial charge in [-0.05, 0) is 29.6 Å². The summed E-state index contributed by atoms with van der Waals surface area (Å²) in [6.45, 7) is 0. The summed E-state index contributed by atoms with van der Waals surface area (Å²) in [5, 5.41) is 1.72. The van der Waals surface area contributed by atoms with Gasteiger partial charge in [0, 0.05) is 0 Å². The maximum Gasteiger partial charge on any atom is 0.185 e. The van der Waals surface area contributed by atoms with Crippen molar-refractivity contribution in [2.75, 3.05) is 5.75 Å². The molecule has 18 heavy (non-hydrogen) atoms. The number of carbonyl (C=O) groups is 1. The van der Waals surface area contributed by atoms with Crippen molar-refractivity contribution >= 4 is 27.9 Å². The Labute approximate surface area is 109 Å². The van der Waals surface area contributed by atoms with Gasteiger partial charge < -0.3 is 0 Å². The maximum absolute atomic E-state index is 13.3. The van der Waals surface area contributed by atoms with E-state index in [-0.39, 0.29) is 16.4 Å². The van der Waals surface area contributed by atoms with Crippen molar-refractivity contribution in [3.05, 3.63) is 52.2 Å². The van der Waals surface area contributed by atoms with Gasteiger partial charge in [0.25, 0.3) is 0 Å². The minimum absolute atomic E-state index is 0.278. The third-order valence-corrected chi connectivity index (χ3v) is 4.44. The summed E-state index contributed by atoms with van der Waals surface area (Å²) in [5.41, 5.74) is 0. The Morgan fingerprint density at radius 3 is 2.72 bits per heavy atom. The molecule has 0 saturated heterocycles. The average Bonchev–Trinajstić information content (AvgIpc) is 2.85. The van der Waals surface area contributed by atoms with E-state index in [1.807, 2.05) is 0 Å². The van der Waals surface area contributed by atoms with Gasteiger partial charge in [0.15, 0.2) is 5.78 Å². The highest BCUT2D eigenvalue weighted by Gasteiger charge is 2.16. The van der Waals surface area contributed by atoms with Crippen LogP contribution in [0.15, 0.2) is 40.6 Å². The van der Waals surface area contributed by atoms with Gasteiger partial charge in [0.05, 0.1) is 26.3 Å². The highest BCUT2D eigenvalue weighted by molar-refractivity contribution is 7.85. The number of benzene rings is 1. The molecule has 1 aromatic carbocycles. The fraction of sp³-hybridized carbons (Fsp3) is 0.0833. The molecule has 6 heteroatoms. The van der Waals surface area contributed by atoms with Crippen LogP contribution < -0.4 is 0 Å². The average molecular weight is 286 g/mol. The Balaban J connectivity index is 2.17. The number of Topliss-reactive ketones (excluding diaryl/α,β-unsaturated/α-hetero) is 1. The van der Waals surface area contributed by atoms with Crippen LogP contribution in [0.1, 0.15) is 9.67 Å². The van der Waals surface area contributed by atoms with E-state index in [2.05, 4.69) is 0 Å². The van der Waals surface area contributed by atoms with Crippen LogP contribution in [0.3, 0.4) is 0 Å². The summed E-state index contributed by atoms with van der Waals surface area (Å²) < 4.78 is 38.1. The highest BCUT2D eigenvalue weighted by Crippen LogP contribution is 2.16. The fourth-order valence-electron chi connectivity index (χ4n) is 1.36. The summed E-state index contributed by atoms with van der Waals surface area (Å²) in [6, 6.07) is 6.00. The largest absolute Gasteiger partial charge is 0.292 e. The van der Waals surface area contributed by atoms with E-state index in [0.29, 0.717) is 4.88 Å². The third kappa shape index (κ3) is 2.88. The van der Waals surface area contributed by atoms with Crippen LogP contribution in [-0.2, 0) is 10.8 Å². The lowest BCUT2D eigenvalue weighted by Crippen LogP contribution is -2.11. The van der Waals surface area contributed by atoms with Crippen molar-refractivity contribution in [2.45, 2.75) is 4.90 Å². The number of thiophene rings is 1. The van der Waals surface area contributed by atoms with E-state index in [1.165, 1.54) is 11.3 Å². The molecule has 0 aliphatic rings. The van der Waals surface area contributed by atoms with E-state index < -0.39 is 22.4 Å². The molecule has 1 atom stereocenters. The van der Waals surface area contributed by atoms with Crippen LogP contribution in [0.2, 0.25) is 0 Å². The first-order valence-corrected chi connectivity index (χ1v) is 7.18. The van der Waals surface area contributed by atoms with Gasteiger partial charge in [-0.15, -0.1) is 11.3 Å². The van der Waals surface area contributed by atoms with Crippen molar-refractivity contribution in [1.29, 1.82) is 0 Å². The Morgan fingerprint density at radius 1 is 1.28 bits per heavy atom. The molecule has 1 heterocycles. The van der Waals surface area contributed by atoms with E-state index in [9.17, 15) is 17.8 Å². The van der Waals surface area contributed by atoms with Crippen LogP contribution in [-0.4, -0.2) is 15.7 Å². The summed E-state index contributed by atoms with van der Waals surface area (Å²) in [5.74, 6) is -2.13. The molecular weight excluding hydrogens is 278 g/mol. The van der Waals surface area contributed by atoms with Crippen molar-refractivity contribution in [3.63, 3.8) is 0 Å². The van der Waals surface area contributed by atoms with Crippen LogP contribution in [0, 0.1) is 11.6 Å². The molecule has 0 N–H and O–H groups in total. The zero-order valence-electron chi connectivity index (χ0n) is 9.06. The molecule has 0 aliphatic carbocycles. The van der Waals surface area contributed by atoms with Gasteiger partial charge in [-0.1, -0.05) is 6.07 Å². The molecule has 0 bridgehead atoms. The lowest BCUT2D eigenvalue weighted by Gasteiger charge is -2.02. The van der Waals surface area contributed by atoms with Crippen molar-refractivity contribution in [2.24, 2.45) is 0 Å². The number of halogens is 2.